The zero-order valence-corrected chi connectivity index (χ0v) is 13.2. The quantitative estimate of drug-likeness (QED) is 0.764. The van der Waals surface area contributed by atoms with Crippen molar-refractivity contribution in [3.8, 4) is 0 Å². The van der Waals surface area contributed by atoms with Gasteiger partial charge in [0.15, 0.2) is 0 Å². The fraction of sp³-hybridized carbons (Fsp3) is 0.929. The Morgan fingerprint density at radius 1 is 0.952 bits per heavy atom. The van der Waals surface area contributed by atoms with Gasteiger partial charge in [-0.1, -0.05) is 12.8 Å². The summed E-state index contributed by atoms with van der Waals surface area (Å²) < 4.78 is 32.0. The van der Waals surface area contributed by atoms with Crippen LogP contribution in [0.4, 0.5) is 0 Å². The monoisotopic (exact) mass is 316 g/mol. The summed E-state index contributed by atoms with van der Waals surface area (Å²) in [6.45, 7) is 2.50. The van der Waals surface area contributed by atoms with Gasteiger partial charge in [0, 0.05) is 32.8 Å². The molecule has 6 nitrogen and oxygen atoms in total. The SMILES string of the molecule is O=C(C1CCCO1)N1CCN(S(=O)(=O)C2CCCC2)CC1. The number of carbonyl (C=O) groups is 1. The highest BCUT2D eigenvalue weighted by Crippen LogP contribution is 2.28. The first-order chi connectivity index (χ1) is 10.1. The molecule has 1 amide bonds. The van der Waals surface area contributed by atoms with Crippen LogP contribution >= 0.6 is 0 Å². The Morgan fingerprint density at radius 2 is 1.62 bits per heavy atom. The molecule has 0 aromatic rings. The van der Waals surface area contributed by atoms with Crippen LogP contribution in [0.15, 0.2) is 0 Å². The summed E-state index contributed by atoms with van der Waals surface area (Å²) in [5, 5.41) is -0.196. The zero-order valence-electron chi connectivity index (χ0n) is 12.4. The average molecular weight is 316 g/mol. The molecule has 7 heteroatoms. The van der Waals surface area contributed by atoms with Gasteiger partial charge in [-0.25, -0.2) is 8.42 Å². The van der Waals surface area contributed by atoms with Crippen molar-refractivity contribution in [3.05, 3.63) is 0 Å². The van der Waals surface area contributed by atoms with Gasteiger partial charge in [-0.3, -0.25) is 4.79 Å². The van der Waals surface area contributed by atoms with E-state index < -0.39 is 10.0 Å². The second-order valence-electron chi connectivity index (χ2n) is 6.18. The normalized spacial score (nSPS) is 29.1. The van der Waals surface area contributed by atoms with Gasteiger partial charge < -0.3 is 9.64 Å². The topological polar surface area (TPSA) is 66.9 Å². The molecule has 2 aliphatic heterocycles. The van der Waals surface area contributed by atoms with Crippen LogP contribution in [-0.4, -0.2) is 67.7 Å². The van der Waals surface area contributed by atoms with E-state index in [2.05, 4.69) is 0 Å². The summed E-state index contributed by atoms with van der Waals surface area (Å²) in [4.78, 5) is 14.0. The molecular formula is C14H24N2O4S. The van der Waals surface area contributed by atoms with Crippen molar-refractivity contribution in [1.29, 1.82) is 0 Å². The second-order valence-corrected chi connectivity index (χ2v) is 8.39. The minimum absolute atomic E-state index is 0.0328. The number of ether oxygens (including phenoxy) is 1. The van der Waals surface area contributed by atoms with E-state index in [-0.39, 0.29) is 17.3 Å². The maximum Gasteiger partial charge on any atom is 0.251 e. The molecule has 120 valence electrons. The van der Waals surface area contributed by atoms with Gasteiger partial charge in [0.05, 0.1) is 5.25 Å². The lowest BCUT2D eigenvalue weighted by Crippen LogP contribution is -2.54. The van der Waals surface area contributed by atoms with Crippen LogP contribution in [0.2, 0.25) is 0 Å². The smallest absolute Gasteiger partial charge is 0.251 e. The molecule has 0 spiro atoms. The highest BCUT2D eigenvalue weighted by molar-refractivity contribution is 7.89. The molecule has 21 heavy (non-hydrogen) atoms. The lowest BCUT2D eigenvalue weighted by Gasteiger charge is -2.36. The van der Waals surface area contributed by atoms with Crippen LogP contribution in [0.3, 0.4) is 0 Å². The molecule has 3 aliphatic rings. The molecule has 1 aliphatic carbocycles. The van der Waals surface area contributed by atoms with Crippen molar-refractivity contribution in [3.63, 3.8) is 0 Å². The summed E-state index contributed by atoms with van der Waals surface area (Å²) in [7, 11) is -3.17. The largest absolute Gasteiger partial charge is 0.368 e. The van der Waals surface area contributed by atoms with E-state index >= 15 is 0 Å². The van der Waals surface area contributed by atoms with Gasteiger partial charge in [0.2, 0.25) is 10.0 Å². The predicted octanol–water partition coefficient (Wildman–Crippen LogP) is 0.582. The molecule has 0 N–H and O–H groups in total. The van der Waals surface area contributed by atoms with Gasteiger partial charge in [-0.2, -0.15) is 4.31 Å². The number of hydrogen-bond donors (Lipinski definition) is 0. The summed E-state index contributed by atoms with van der Waals surface area (Å²) in [6.07, 6.45) is 5.03. The first kappa shape index (κ1) is 15.2. The minimum atomic E-state index is -3.17. The molecule has 1 unspecified atom stereocenters. The average Bonchev–Trinajstić information content (AvgIpc) is 3.19. The lowest BCUT2D eigenvalue weighted by molar-refractivity contribution is -0.142. The van der Waals surface area contributed by atoms with Crippen LogP contribution in [0.1, 0.15) is 38.5 Å². The second kappa shape index (κ2) is 6.22. The molecule has 2 saturated heterocycles. The molecule has 0 radical (unpaired) electrons. The van der Waals surface area contributed by atoms with E-state index in [1.54, 1.807) is 9.21 Å². The van der Waals surface area contributed by atoms with Crippen molar-refractivity contribution in [2.24, 2.45) is 0 Å². The Labute approximate surface area is 126 Å². The molecule has 0 aromatic heterocycles. The molecule has 3 rings (SSSR count). The Hall–Kier alpha value is -0.660. The molecule has 2 heterocycles. The maximum absolute atomic E-state index is 12.5. The number of rotatable bonds is 3. The van der Waals surface area contributed by atoms with Crippen LogP contribution in [0.25, 0.3) is 0 Å². The van der Waals surface area contributed by atoms with Gasteiger partial charge in [0.1, 0.15) is 6.10 Å². The third-order valence-corrected chi connectivity index (χ3v) is 7.24. The third-order valence-electron chi connectivity index (χ3n) is 4.84. The van der Waals surface area contributed by atoms with E-state index in [9.17, 15) is 13.2 Å². The Kier molecular flexibility index (Phi) is 4.51. The Bertz CT molecular complexity index is 473. The van der Waals surface area contributed by atoms with Crippen molar-refractivity contribution in [2.45, 2.75) is 49.9 Å². The van der Waals surface area contributed by atoms with Gasteiger partial charge in [0.25, 0.3) is 5.91 Å². The van der Waals surface area contributed by atoms with Gasteiger partial charge >= 0.3 is 0 Å². The summed E-state index contributed by atoms with van der Waals surface area (Å²) in [5.74, 6) is 0.0328. The first-order valence-electron chi connectivity index (χ1n) is 7.98. The zero-order chi connectivity index (χ0) is 14.9. The van der Waals surface area contributed by atoms with E-state index in [1.165, 1.54) is 0 Å². The molecule has 1 saturated carbocycles. The lowest BCUT2D eigenvalue weighted by atomic mass is 10.2. The molecular weight excluding hydrogens is 292 g/mol. The summed E-state index contributed by atoms with van der Waals surface area (Å²) in [6, 6.07) is 0. The summed E-state index contributed by atoms with van der Waals surface area (Å²) in [5.41, 5.74) is 0. The Morgan fingerprint density at radius 3 is 2.19 bits per heavy atom. The van der Waals surface area contributed by atoms with Crippen molar-refractivity contribution in [1.82, 2.24) is 9.21 Å². The highest BCUT2D eigenvalue weighted by atomic mass is 32.2. The van der Waals surface area contributed by atoms with Crippen LogP contribution in [0, 0.1) is 0 Å². The maximum atomic E-state index is 12.5. The van der Waals surface area contributed by atoms with Gasteiger partial charge in [-0.15, -0.1) is 0 Å². The molecule has 3 fully saturated rings. The van der Waals surface area contributed by atoms with Crippen LogP contribution in [-0.2, 0) is 19.6 Å². The van der Waals surface area contributed by atoms with Crippen LogP contribution < -0.4 is 0 Å². The van der Waals surface area contributed by atoms with Crippen LogP contribution in [0.5, 0.6) is 0 Å². The van der Waals surface area contributed by atoms with E-state index in [4.69, 9.17) is 4.74 Å². The molecule has 0 aromatic carbocycles. The third kappa shape index (κ3) is 3.10. The first-order valence-corrected chi connectivity index (χ1v) is 9.49. The number of sulfonamides is 1. The highest BCUT2D eigenvalue weighted by Gasteiger charge is 2.37. The number of piperazine rings is 1. The van der Waals surface area contributed by atoms with E-state index in [0.29, 0.717) is 32.8 Å². The van der Waals surface area contributed by atoms with Crippen molar-refractivity contribution in [2.75, 3.05) is 32.8 Å². The van der Waals surface area contributed by atoms with Crippen molar-refractivity contribution >= 4 is 15.9 Å². The van der Waals surface area contributed by atoms with Gasteiger partial charge in [-0.05, 0) is 25.7 Å². The fourth-order valence-electron chi connectivity index (χ4n) is 3.54. The van der Waals surface area contributed by atoms with Crippen molar-refractivity contribution < 1.29 is 17.9 Å². The van der Waals surface area contributed by atoms with E-state index in [0.717, 1.165) is 38.5 Å². The fourth-order valence-corrected chi connectivity index (χ4v) is 5.56. The summed E-state index contributed by atoms with van der Waals surface area (Å²) >= 11 is 0. The number of nitrogens with zero attached hydrogens (tertiary/aromatic N) is 2. The number of hydrogen-bond acceptors (Lipinski definition) is 4. The predicted molar refractivity (Wildman–Crippen MR) is 78.3 cm³/mol. The standard InChI is InChI=1S/C14H24N2O4S/c17-14(13-6-3-11-20-13)15-7-9-16(10-8-15)21(18,19)12-4-1-2-5-12/h12-13H,1-11H2. The molecule has 0 bridgehead atoms. The minimum Gasteiger partial charge on any atom is -0.368 e. The Balaban J connectivity index is 1.56. The number of carbonyl (C=O) groups excluding carboxylic acids is 1. The van der Waals surface area contributed by atoms with E-state index in [1.807, 2.05) is 0 Å². The number of amides is 1. The molecule has 1 atom stereocenters.